The van der Waals surface area contributed by atoms with Crippen molar-refractivity contribution in [1.29, 1.82) is 0 Å². The fourth-order valence-corrected chi connectivity index (χ4v) is 8.84. The van der Waals surface area contributed by atoms with Gasteiger partial charge in [-0.3, -0.25) is 9.97 Å². The van der Waals surface area contributed by atoms with Crippen molar-refractivity contribution in [3.8, 4) is 0 Å². The fraction of sp³-hybridized carbons (Fsp3) is 0.381. The normalized spacial score (nSPS) is 16.9. The van der Waals surface area contributed by atoms with Crippen LogP contribution in [0, 0.1) is 11.6 Å². The third-order valence-electron chi connectivity index (χ3n) is 10.7. The maximum atomic E-state index is 13.3. The largest absolute Gasteiger partial charge is 0.462 e. The first kappa shape index (κ1) is 45.4. The van der Waals surface area contributed by atoms with Crippen LogP contribution < -0.4 is 0 Å². The Morgan fingerprint density at radius 2 is 1.10 bits per heavy atom. The molecule has 0 N–H and O–H groups in total. The summed E-state index contributed by atoms with van der Waals surface area (Å²) in [7, 11) is -1.06. The highest BCUT2D eigenvalue weighted by molar-refractivity contribution is 9.15. The second-order valence-corrected chi connectivity index (χ2v) is 21.1. The van der Waals surface area contributed by atoms with Gasteiger partial charge in [-0.2, -0.15) is 0 Å². The van der Waals surface area contributed by atoms with Gasteiger partial charge in [0.15, 0.2) is 0 Å². The van der Waals surface area contributed by atoms with Crippen molar-refractivity contribution in [3.63, 3.8) is 0 Å². The number of hydrogen-bond donors (Lipinski definition) is 0. The van der Waals surface area contributed by atoms with E-state index >= 15 is 0 Å². The third kappa shape index (κ3) is 10.0. The van der Waals surface area contributed by atoms with Crippen LogP contribution in [0.25, 0.3) is 10.1 Å². The van der Waals surface area contributed by atoms with E-state index in [-0.39, 0.29) is 39.7 Å². The summed E-state index contributed by atoms with van der Waals surface area (Å²) in [5.74, 6) is -0.579. The molecule has 1 aliphatic heterocycles. The van der Waals surface area contributed by atoms with Gasteiger partial charge in [0.1, 0.15) is 11.6 Å². The molecule has 2 aromatic heterocycles. The van der Waals surface area contributed by atoms with Gasteiger partial charge >= 0.3 is 7.12 Å². The Hall–Kier alpha value is -3.64. The topological polar surface area (TPSA) is 119 Å². The Bertz CT molecular complexity index is 2440. The minimum atomic E-state index is -3.42. The molecule has 310 valence electrons. The van der Waals surface area contributed by atoms with E-state index in [1.165, 1.54) is 66.4 Å². The number of pyridine rings is 2. The zero-order valence-electron chi connectivity index (χ0n) is 34.5. The van der Waals surface area contributed by atoms with E-state index in [1.54, 1.807) is 42.5 Å². The monoisotopic (exact) mass is 898 g/mol. The van der Waals surface area contributed by atoms with E-state index in [4.69, 9.17) is 9.31 Å². The van der Waals surface area contributed by atoms with Crippen molar-refractivity contribution >= 4 is 53.2 Å². The van der Waals surface area contributed by atoms with Gasteiger partial charge in [0, 0.05) is 39.0 Å². The summed E-state index contributed by atoms with van der Waals surface area (Å²) in [5.41, 5.74) is 8.36. The van der Waals surface area contributed by atoms with Crippen molar-refractivity contribution < 1.29 is 34.9 Å². The zero-order chi connectivity index (χ0) is 43.0. The Labute approximate surface area is 350 Å². The number of nitrogens with zero attached hydrogens (tertiary/aromatic N) is 4. The molecule has 1 saturated heterocycles. The predicted molar refractivity (Wildman–Crippen MR) is 228 cm³/mol. The number of fused-ring (bicyclic) bond motifs is 2. The van der Waals surface area contributed by atoms with Gasteiger partial charge in [0.05, 0.1) is 44.8 Å². The summed E-state index contributed by atoms with van der Waals surface area (Å²) in [6.07, 6.45) is 5.25. The Balaban J connectivity index is 0.000000174. The second-order valence-electron chi connectivity index (χ2n) is 16.0. The highest BCUT2D eigenvalue weighted by Crippen LogP contribution is 2.38. The average molecular weight is 900 g/mol. The smallest absolute Gasteiger partial charge is 0.403 e. The Morgan fingerprint density at radius 3 is 1.57 bits per heavy atom. The molecule has 3 heterocycles. The molecule has 0 spiro atoms. The molecule has 0 unspecified atom stereocenters. The van der Waals surface area contributed by atoms with Crippen molar-refractivity contribution in [2.75, 3.05) is 28.2 Å². The molecule has 2 aliphatic carbocycles. The quantitative estimate of drug-likeness (QED) is 0.163. The molecule has 10 nitrogen and oxygen atoms in total. The van der Waals surface area contributed by atoms with Crippen LogP contribution >= 0.6 is 15.9 Å². The molecule has 7 rings (SSSR count). The van der Waals surface area contributed by atoms with Crippen LogP contribution in [0.5, 0.6) is 0 Å². The number of aromatic nitrogens is 2. The molecule has 3 aliphatic rings. The van der Waals surface area contributed by atoms with Crippen molar-refractivity contribution in [3.05, 3.63) is 129 Å². The lowest BCUT2D eigenvalue weighted by atomic mass is 9.81. The molecule has 0 amide bonds. The van der Waals surface area contributed by atoms with Crippen LogP contribution in [0.3, 0.4) is 0 Å². The van der Waals surface area contributed by atoms with Crippen molar-refractivity contribution in [1.82, 2.24) is 18.6 Å². The minimum absolute atomic E-state index is 0.260. The van der Waals surface area contributed by atoms with E-state index in [1.807, 2.05) is 53.7 Å². The predicted octanol–water partition coefficient (Wildman–Crippen LogP) is 8.06. The van der Waals surface area contributed by atoms with Crippen LogP contribution in [0.2, 0.25) is 0 Å². The van der Waals surface area contributed by atoms with E-state index in [0.717, 1.165) is 50.1 Å². The molecule has 0 bridgehead atoms. The summed E-state index contributed by atoms with van der Waals surface area (Å²) in [6.45, 7) is 12.1. The molecular weight excluding hydrogens is 849 g/mol. The first-order chi connectivity index (χ1) is 26.9. The van der Waals surface area contributed by atoms with Gasteiger partial charge in [0.2, 0.25) is 20.0 Å². The summed E-state index contributed by atoms with van der Waals surface area (Å²) in [4.78, 5) is 8.80. The summed E-state index contributed by atoms with van der Waals surface area (Å²) < 4.78 is 89.6. The zero-order valence-corrected chi connectivity index (χ0v) is 37.7. The van der Waals surface area contributed by atoms with Gasteiger partial charge in [0.25, 0.3) is 0 Å². The fourth-order valence-electron chi connectivity index (χ4n) is 6.54. The number of allylic oxidation sites excluding steroid dienone is 3. The molecule has 0 saturated carbocycles. The molecule has 58 heavy (non-hydrogen) atoms. The van der Waals surface area contributed by atoms with Crippen LogP contribution in [-0.2, 0) is 54.9 Å². The maximum Gasteiger partial charge on any atom is 0.462 e. The van der Waals surface area contributed by atoms with E-state index < -0.39 is 20.0 Å². The van der Waals surface area contributed by atoms with Gasteiger partial charge in [-0.15, -0.1) is 0 Å². The van der Waals surface area contributed by atoms with Crippen LogP contribution in [0.1, 0.15) is 75.2 Å². The van der Waals surface area contributed by atoms with Crippen LogP contribution in [0.4, 0.5) is 8.78 Å². The minimum Gasteiger partial charge on any atom is -0.403 e. The number of rotatable bonds is 8. The second kappa shape index (κ2) is 17.5. The highest BCUT2D eigenvalue weighted by atomic mass is 79.9. The number of sulfonamides is 2. The lowest BCUT2D eigenvalue weighted by Crippen LogP contribution is -2.41. The third-order valence-corrected chi connectivity index (χ3v) is 15.4. The van der Waals surface area contributed by atoms with E-state index in [9.17, 15) is 25.6 Å². The van der Waals surface area contributed by atoms with Crippen molar-refractivity contribution in [2.45, 2.75) is 88.1 Å². The molecule has 0 radical (unpaired) electrons. The molecule has 0 atom stereocenters. The maximum absolute atomic E-state index is 13.3. The van der Waals surface area contributed by atoms with Crippen LogP contribution in [-0.4, -0.2) is 81.9 Å². The van der Waals surface area contributed by atoms with Crippen LogP contribution in [0.15, 0.2) is 94.0 Å². The Morgan fingerprint density at radius 1 is 0.690 bits per heavy atom. The average Bonchev–Trinajstić information content (AvgIpc) is 3.68. The van der Waals surface area contributed by atoms with E-state index in [0.29, 0.717) is 19.2 Å². The lowest BCUT2D eigenvalue weighted by molar-refractivity contribution is 0.00578. The standard InChI is InChI=1S/C18H19FN2O2S.C15H24BNO4S.C9H7BrFN/c1-12-8-14-10-15(19)11-20-18(14)17(12)9-13-4-6-16(7-5-13)24(22,23)21(2)3;1-14(2)15(3,4)21-16(20-14)11-12-7-9-13(10-8-12)22(18,19)17(5)6;1-5-2-6-3-7(11)4-12-9(6)8(5)10/h4-7,10-11H,8-9H2,1-3H3;7-10H,11H2,1-6H3;3-4H,2H2,1H3. The molecule has 2 aromatic carbocycles. The van der Waals surface area contributed by atoms with Gasteiger partial charge < -0.3 is 9.31 Å². The number of benzene rings is 2. The summed E-state index contributed by atoms with van der Waals surface area (Å²) in [6, 6.07) is 16.8. The van der Waals surface area contributed by atoms with Gasteiger partial charge in [-0.05, 0) is 141 Å². The first-order valence-electron chi connectivity index (χ1n) is 18.6. The lowest BCUT2D eigenvalue weighted by Gasteiger charge is -2.32. The molecular formula is C42H50BBrF2N4O6S2. The molecule has 1 fully saturated rings. The van der Waals surface area contributed by atoms with Crippen molar-refractivity contribution in [2.24, 2.45) is 0 Å². The number of halogens is 3. The summed E-state index contributed by atoms with van der Waals surface area (Å²) >= 11 is 3.42. The van der Waals surface area contributed by atoms with E-state index in [2.05, 4.69) is 25.9 Å². The first-order valence-corrected chi connectivity index (χ1v) is 22.3. The SMILES string of the molecule is CC1=C(Br)c2ncc(F)cc2C1.CC1=C(Cc2ccc(S(=O)(=O)N(C)C)cc2)c2ncc(F)cc2C1.CN(C)S(=O)(=O)c1ccc(CB2OC(C)(C)C(C)(C)O2)cc1. The Kier molecular flexibility index (Phi) is 13.7. The summed E-state index contributed by atoms with van der Waals surface area (Å²) in [5, 5.41) is 0. The molecule has 4 aromatic rings. The molecule has 16 heteroatoms. The van der Waals surface area contributed by atoms with Gasteiger partial charge in [-0.25, -0.2) is 34.2 Å². The van der Waals surface area contributed by atoms with Gasteiger partial charge in [-0.1, -0.05) is 35.4 Å². The number of hydrogen-bond acceptors (Lipinski definition) is 8. The highest BCUT2D eigenvalue weighted by Gasteiger charge is 2.50.